The molecule has 23 heavy (non-hydrogen) atoms. The Morgan fingerprint density at radius 1 is 1.13 bits per heavy atom. The molecule has 2 aromatic carbocycles. The van der Waals surface area contributed by atoms with Gasteiger partial charge in [-0.05, 0) is 30.7 Å². The summed E-state index contributed by atoms with van der Waals surface area (Å²) in [6.07, 6.45) is 0.359. The number of amides is 2. The first-order chi connectivity index (χ1) is 10.8. The molecule has 0 unspecified atom stereocenters. The second-order valence-corrected chi connectivity index (χ2v) is 7.11. The van der Waals surface area contributed by atoms with E-state index >= 15 is 0 Å². The highest BCUT2D eigenvalue weighted by Crippen LogP contribution is 2.20. The van der Waals surface area contributed by atoms with Gasteiger partial charge in [-0.25, -0.2) is 0 Å². The van der Waals surface area contributed by atoms with E-state index in [0.29, 0.717) is 12.0 Å². The zero-order valence-corrected chi connectivity index (χ0v) is 15.6. The second-order valence-electron chi connectivity index (χ2n) is 5.28. The van der Waals surface area contributed by atoms with Crippen LogP contribution in [0.25, 0.3) is 0 Å². The number of hydrogen-bond acceptors (Lipinski definition) is 2. The van der Waals surface area contributed by atoms with Crippen LogP contribution in [0.4, 0.5) is 0 Å². The second kappa shape index (κ2) is 7.75. The molecule has 120 valence electrons. The van der Waals surface area contributed by atoms with E-state index in [0.717, 1.165) is 20.1 Å². The first-order valence-electron chi connectivity index (χ1n) is 6.97. The van der Waals surface area contributed by atoms with Crippen molar-refractivity contribution in [2.24, 2.45) is 5.73 Å². The van der Waals surface area contributed by atoms with E-state index in [1.807, 2.05) is 37.3 Å². The minimum atomic E-state index is -0.762. The van der Waals surface area contributed by atoms with Crippen molar-refractivity contribution in [1.29, 1.82) is 0 Å². The Kier molecular flexibility index (Phi) is 5.96. The fourth-order valence-electron chi connectivity index (χ4n) is 2.22. The minimum absolute atomic E-state index is 0.344. The van der Waals surface area contributed by atoms with E-state index in [1.165, 1.54) is 0 Å². The SMILES string of the molecule is Cc1cccc(C[C@H](NC(=O)c2cc(Br)cc(Br)c2)C(N)=O)c1. The summed E-state index contributed by atoms with van der Waals surface area (Å²) >= 11 is 6.67. The molecule has 0 radical (unpaired) electrons. The number of nitrogens with two attached hydrogens (primary N) is 1. The summed E-state index contributed by atoms with van der Waals surface area (Å²) in [5.41, 5.74) is 7.92. The van der Waals surface area contributed by atoms with Crippen LogP contribution in [0, 0.1) is 6.92 Å². The lowest BCUT2D eigenvalue weighted by Crippen LogP contribution is -2.45. The molecule has 0 saturated heterocycles. The molecule has 1 atom stereocenters. The van der Waals surface area contributed by atoms with Crippen LogP contribution in [0.1, 0.15) is 21.5 Å². The first-order valence-corrected chi connectivity index (χ1v) is 8.55. The molecule has 6 heteroatoms. The van der Waals surface area contributed by atoms with Crippen molar-refractivity contribution in [3.05, 3.63) is 68.1 Å². The molecule has 0 bridgehead atoms. The molecule has 3 N–H and O–H groups in total. The van der Waals surface area contributed by atoms with Gasteiger partial charge in [-0.15, -0.1) is 0 Å². The van der Waals surface area contributed by atoms with Gasteiger partial charge in [-0.3, -0.25) is 9.59 Å². The average molecular weight is 440 g/mol. The number of nitrogens with one attached hydrogen (secondary N) is 1. The quantitative estimate of drug-likeness (QED) is 0.749. The number of carbonyl (C=O) groups is 2. The zero-order chi connectivity index (χ0) is 17.0. The van der Waals surface area contributed by atoms with E-state index in [2.05, 4.69) is 37.2 Å². The Hall–Kier alpha value is -1.66. The monoisotopic (exact) mass is 438 g/mol. The molecule has 0 aliphatic rings. The molecular weight excluding hydrogens is 424 g/mol. The van der Waals surface area contributed by atoms with Crippen molar-refractivity contribution in [2.75, 3.05) is 0 Å². The van der Waals surface area contributed by atoms with Crippen molar-refractivity contribution in [3.63, 3.8) is 0 Å². The van der Waals surface area contributed by atoms with Crippen molar-refractivity contribution >= 4 is 43.7 Å². The van der Waals surface area contributed by atoms with Gasteiger partial charge in [0.2, 0.25) is 5.91 Å². The first kappa shape index (κ1) is 17.7. The molecule has 2 aromatic rings. The third-order valence-electron chi connectivity index (χ3n) is 3.30. The normalized spacial score (nSPS) is 11.8. The van der Waals surface area contributed by atoms with Gasteiger partial charge in [0.05, 0.1) is 0 Å². The van der Waals surface area contributed by atoms with E-state index in [-0.39, 0.29) is 5.91 Å². The van der Waals surface area contributed by atoms with E-state index in [1.54, 1.807) is 12.1 Å². The molecule has 0 aliphatic carbocycles. The third kappa shape index (κ3) is 5.18. The Balaban J connectivity index is 2.15. The summed E-state index contributed by atoms with van der Waals surface area (Å²) in [6.45, 7) is 1.97. The van der Waals surface area contributed by atoms with Crippen molar-refractivity contribution in [2.45, 2.75) is 19.4 Å². The number of halogens is 2. The van der Waals surface area contributed by atoms with Crippen LogP contribution in [0.3, 0.4) is 0 Å². The zero-order valence-electron chi connectivity index (χ0n) is 12.5. The van der Waals surface area contributed by atoms with Crippen molar-refractivity contribution in [3.8, 4) is 0 Å². The maximum absolute atomic E-state index is 12.4. The third-order valence-corrected chi connectivity index (χ3v) is 4.21. The molecular formula is C17H16Br2N2O2. The summed E-state index contributed by atoms with van der Waals surface area (Å²) in [7, 11) is 0. The Morgan fingerprint density at radius 3 is 2.35 bits per heavy atom. The predicted octanol–water partition coefficient (Wildman–Crippen LogP) is 3.35. The minimum Gasteiger partial charge on any atom is -0.368 e. The molecule has 0 saturated carbocycles. The van der Waals surface area contributed by atoms with Crippen LogP contribution < -0.4 is 11.1 Å². The van der Waals surface area contributed by atoms with Gasteiger partial charge in [0, 0.05) is 20.9 Å². The van der Waals surface area contributed by atoms with Gasteiger partial charge in [0.25, 0.3) is 5.91 Å². The lowest BCUT2D eigenvalue weighted by Gasteiger charge is -2.16. The van der Waals surface area contributed by atoms with E-state index in [9.17, 15) is 9.59 Å². The maximum atomic E-state index is 12.4. The number of primary amides is 1. The number of carbonyl (C=O) groups excluding carboxylic acids is 2. The lowest BCUT2D eigenvalue weighted by atomic mass is 10.0. The molecule has 2 rings (SSSR count). The van der Waals surface area contributed by atoms with Gasteiger partial charge in [0.1, 0.15) is 6.04 Å². The van der Waals surface area contributed by atoms with E-state index < -0.39 is 11.9 Å². The standard InChI is InChI=1S/C17H16Br2N2O2/c1-10-3-2-4-11(5-10)6-15(16(20)22)21-17(23)12-7-13(18)9-14(19)8-12/h2-5,7-9,15H,6H2,1H3,(H2,20,22)(H,21,23)/t15-/m0/s1. The molecule has 4 nitrogen and oxygen atoms in total. The summed E-state index contributed by atoms with van der Waals surface area (Å²) in [6, 6.07) is 12.2. The van der Waals surface area contributed by atoms with E-state index in [4.69, 9.17) is 5.73 Å². The largest absolute Gasteiger partial charge is 0.368 e. The maximum Gasteiger partial charge on any atom is 0.252 e. The van der Waals surface area contributed by atoms with Crippen LogP contribution >= 0.6 is 31.9 Å². The lowest BCUT2D eigenvalue weighted by molar-refractivity contribution is -0.119. The van der Waals surface area contributed by atoms with Crippen LogP contribution in [0.15, 0.2) is 51.4 Å². The summed E-state index contributed by atoms with van der Waals surface area (Å²) in [4.78, 5) is 24.0. The van der Waals surface area contributed by atoms with Crippen LogP contribution in [-0.4, -0.2) is 17.9 Å². The number of benzene rings is 2. The fourth-order valence-corrected chi connectivity index (χ4v) is 3.52. The molecule has 0 fully saturated rings. The Morgan fingerprint density at radius 2 is 1.78 bits per heavy atom. The number of rotatable bonds is 5. The molecule has 0 aromatic heterocycles. The summed E-state index contributed by atoms with van der Waals surface area (Å²) in [5.74, 6) is -0.905. The molecule has 0 heterocycles. The van der Waals surface area contributed by atoms with Crippen LogP contribution in [0.5, 0.6) is 0 Å². The summed E-state index contributed by atoms with van der Waals surface area (Å²) < 4.78 is 1.54. The van der Waals surface area contributed by atoms with Gasteiger partial charge in [-0.1, -0.05) is 61.7 Å². The Labute approximate surface area is 151 Å². The van der Waals surface area contributed by atoms with Gasteiger partial charge < -0.3 is 11.1 Å². The summed E-state index contributed by atoms with van der Waals surface area (Å²) in [5, 5.41) is 2.70. The number of hydrogen-bond donors (Lipinski definition) is 2. The Bertz CT molecular complexity index is 727. The van der Waals surface area contributed by atoms with Gasteiger partial charge in [-0.2, -0.15) is 0 Å². The van der Waals surface area contributed by atoms with Crippen molar-refractivity contribution < 1.29 is 9.59 Å². The van der Waals surface area contributed by atoms with Crippen LogP contribution in [0.2, 0.25) is 0 Å². The highest BCUT2D eigenvalue weighted by atomic mass is 79.9. The highest BCUT2D eigenvalue weighted by molar-refractivity contribution is 9.11. The van der Waals surface area contributed by atoms with Crippen molar-refractivity contribution in [1.82, 2.24) is 5.32 Å². The van der Waals surface area contributed by atoms with Crippen LogP contribution in [-0.2, 0) is 11.2 Å². The fraction of sp³-hybridized carbons (Fsp3) is 0.176. The predicted molar refractivity (Wildman–Crippen MR) is 97.2 cm³/mol. The highest BCUT2D eigenvalue weighted by Gasteiger charge is 2.20. The molecule has 2 amide bonds. The topological polar surface area (TPSA) is 72.2 Å². The van der Waals surface area contributed by atoms with Gasteiger partial charge in [0.15, 0.2) is 0 Å². The van der Waals surface area contributed by atoms with Gasteiger partial charge >= 0.3 is 0 Å². The number of aryl methyl sites for hydroxylation is 1. The average Bonchev–Trinajstić information content (AvgIpc) is 2.45. The smallest absolute Gasteiger partial charge is 0.252 e. The molecule has 0 spiro atoms. The molecule has 0 aliphatic heterocycles.